The van der Waals surface area contributed by atoms with E-state index in [-0.39, 0.29) is 10.3 Å². The van der Waals surface area contributed by atoms with E-state index in [9.17, 15) is 8.42 Å². The molecule has 4 aromatic rings. The van der Waals surface area contributed by atoms with Crippen molar-refractivity contribution in [3.8, 4) is 11.3 Å². The summed E-state index contributed by atoms with van der Waals surface area (Å²) < 4.78 is 32.0. The van der Waals surface area contributed by atoms with Crippen LogP contribution in [0, 0.1) is 6.92 Å². The molecule has 0 bridgehead atoms. The third-order valence-corrected chi connectivity index (χ3v) is 7.12. The number of benzene rings is 3. The van der Waals surface area contributed by atoms with Gasteiger partial charge >= 0.3 is 0 Å². The minimum Gasteiger partial charge on any atom is -0.574 e. The van der Waals surface area contributed by atoms with Crippen molar-refractivity contribution in [1.29, 1.82) is 0 Å². The third kappa shape index (κ3) is 5.69. The second kappa shape index (κ2) is 9.88. The molecule has 0 amide bonds. The maximum absolute atomic E-state index is 13.0. The molecular formula is C30H30N2O2S. The van der Waals surface area contributed by atoms with Gasteiger partial charge in [-0.25, -0.2) is 8.42 Å². The molecule has 0 aliphatic carbocycles. The highest BCUT2D eigenvalue weighted by molar-refractivity contribution is 7.94. The summed E-state index contributed by atoms with van der Waals surface area (Å²) in [5.74, 6) is 0. The molecule has 0 saturated carbocycles. The van der Waals surface area contributed by atoms with Gasteiger partial charge in [-0.15, -0.1) is 0 Å². The standard InChI is InChI=1S/C30H30N2O2S/c1-23-13-19-27(20-14-23)35(33,34)31-22-29(24-10-6-5-7-11-24)32-21-9-8-12-28(32)25-15-17-26(18-16-25)30(2,3)4/h5-22H,1-4H3/b29-22-. The van der Waals surface area contributed by atoms with Crippen molar-refractivity contribution in [2.45, 2.75) is 38.0 Å². The summed E-state index contributed by atoms with van der Waals surface area (Å²) in [6, 6.07) is 30.8. The largest absolute Gasteiger partial charge is 0.574 e. The second-order valence-electron chi connectivity index (χ2n) is 9.56. The van der Waals surface area contributed by atoms with Crippen LogP contribution in [-0.2, 0) is 15.4 Å². The van der Waals surface area contributed by atoms with Crippen LogP contribution in [0.25, 0.3) is 21.7 Å². The lowest BCUT2D eigenvalue weighted by molar-refractivity contribution is -0.567. The fourth-order valence-corrected chi connectivity index (χ4v) is 4.64. The van der Waals surface area contributed by atoms with Crippen molar-refractivity contribution in [3.05, 3.63) is 131 Å². The minimum absolute atomic E-state index is 0.0590. The van der Waals surface area contributed by atoms with Crippen LogP contribution in [0.1, 0.15) is 37.5 Å². The summed E-state index contributed by atoms with van der Waals surface area (Å²) in [6.07, 6.45) is 3.37. The first-order valence-corrected chi connectivity index (χ1v) is 13.0. The minimum atomic E-state index is -3.85. The van der Waals surface area contributed by atoms with Crippen molar-refractivity contribution in [2.24, 2.45) is 0 Å². The molecule has 0 radical (unpaired) electrons. The van der Waals surface area contributed by atoms with E-state index in [1.54, 1.807) is 24.3 Å². The lowest BCUT2D eigenvalue weighted by Gasteiger charge is -2.19. The zero-order valence-electron chi connectivity index (χ0n) is 20.5. The smallest absolute Gasteiger partial charge is 0.218 e. The van der Waals surface area contributed by atoms with E-state index in [4.69, 9.17) is 0 Å². The predicted octanol–water partition coefficient (Wildman–Crippen LogP) is 6.86. The Morgan fingerprint density at radius 3 is 2.06 bits per heavy atom. The van der Waals surface area contributed by atoms with Crippen molar-refractivity contribution >= 4 is 15.7 Å². The highest BCUT2D eigenvalue weighted by Gasteiger charge is 2.20. The average Bonchev–Trinajstić information content (AvgIpc) is 2.85. The Bertz CT molecular complexity index is 1430. The number of aryl methyl sites for hydroxylation is 1. The van der Waals surface area contributed by atoms with Crippen molar-refractivity contribution < 1.29 is 13.0 Å². The first kappa shape index (κ1) is 24.4. The van der Waals surface area contributed by atoms with E-state index >= 15 is 0 Å². The van der Waals surface area contributed by atoms with Gasteiger partial charge in [0.05, 0.1) is 4.90 Å². The molecule has 0 spiro atoms. The molecule has 0 fully saturated rings. The van der Waals surface area contributed by atoms with Crippen LogP contribution >= 0.6 is 0 Å². The molecular weight excluding hydrogens is 452 g/mol. The molecule has 0 atom stereocenters. The molecule has 0 aliphatic heterocycles. The Hall–Kier alpha value is -3.70. The number of nitrogens with zero attached hydrogens (tertiary/aromatic N) is 2. The summed E-state index contributed by atoms with van der Waals surface area (Å²) in [5, 5.41) is 0. The van der Waals surface area contributed by atoms with Crippen LogP contribution in [0.5, 0.6) is 0 Å². The number of hydrogen-bond acceptors (Lipinski definition) is 2. The monoisotopic (exact) mass is 482 g/mol. The lowest BCUT2D eigenvalue weighted by Crippen LogP contribution is -2.35. The Balaban J connectivity index is 1.80. The van der Waals surface area contributed by atoms with E-state index < -0.39 is 10.0 Å². The maximum Gasteiger partial charge on any atom is 0.218 e. The van der Waals surface area contributed by atoms with Gasteiger partial charge in [-0.1, -0.05) is 75.0 Å². The van der Waals surface area contributed by atoms with Gasteiger partial charge in [0.15, 0.2) is 11.9 Å². The highest BCUT2D eigenvalue weighted by Crippen LogP contribution is 2.27. The maximum atomic E-state index is 13.0. The van der Waals surface area contributed by atoms with Gasteiger partial charge in [-0.05, 0) is 60.4 Å². The molecule has 4 nitrogen and oxygen atoms in total. The molecule has 0 aliphatic rings. The number of rotatable bonds is 6. The molecule has 0 saturated heterocycles. The molecule has 0 unspecified atom stereocenters. The van der Waals surface area contributed by atoms with E-state index in [1.807, 2.05) is 66.2 Å². The van der Waals surface area contributed by atoms with Gasteiger partial charge in [-0.3, -0.25) is 0 Å². The van der Waals surface area contributed by atoms with Crippen LogP contribution in [0.15, 0.2) is 114 Å². The molecule has 4 rings (SSSR count). The zero-order valence-corrected chi connectivity index (χ0v) is 21.3. The van der Waals surface area contributed by atoms with Crippen molar-refractivity contribution in [3.63, 3.8) is 0 Å². The van der Waals surface area contributed by atoms with Crippen LogP contribution in [0.2, 0.25) is 0 Å². The van der Waals surface area contributed by atoms with Gasteiger partial charge in [0, 0.05) is 23.3 Å². The zero-order chi connectivity index (χ0) is 25.1. The van der Waals surface area contributed by atoms with Gasteiger partial charge in [0.2, 0.25) is 5.69 Å². The molecule has 0 N–H and O–H groups in total. The van der Waals surface area contributed by atoms with E-state index in [0.29, 0.717) is 5.70 Å². The number of pyridine rings is 1. The summed E-state index contributed by atoms with van der Waals surface area (Å²) in [6.45, 7) is 8.49. The Morgan fingerprint density at radius 2 is 1.43 bits per heavy atom. The lowest BCUT2D eigenvalue weighted by atomic mass is 9.86. The van der Waals surface area contributed by atoms with Crippen LogP contribution in [-0.4, -0.2) is 8.42 Å². The Labute approximate surface area is 208 Å². The SMILES string of the molecule is Cc1ccc(S(=O)(=O)[N-]/C=C(/c2ccccc2)[n+]2ccccc2-c2ccc(C(C)(C)C)cc2)cc1. The van der Waals surface area contributed by atoms with Crippen LogP contribution < -0.4 is 4.57 Å². The summed E-state index contributed by atoms with van der Waals surface area (Å²) in [7, 11) is -3.85. The summed E-state index contributed by atoms with van der Waals surface area (Å²) in [5.41, 5.74) is 5.79. The van der Waals surface area contributed by atoms with Gasteiger partial charge < -0.3 is 4.72 Å². The predicted molar refractivity (Wildman–Crippen MR) is 142 cm³/mol. The molecule has 3 aromatic carbocycles. The first-order chi connectivity index (χ1) is 16.6. The fourth-order valence-electron chi connectivity index (χ4n) is 3.80. The topological polar surface area (TPSA) is 52.1 Å². The average molecular weight is 483 g/mol. The summed E-state index contributed by atoms with van der Waals surface area (Å²) >= 11 is 0. The van der Waals surface area contributed by atoms with E-state index in [1.165, 1.54) is 11.8 Å². The van der Waals surface area contributed by atoms with Crippen molar-refractivity contribution in [2.75, 3.05) is 0 Å². The number of hydrogen-bond donors (Lipinski definition) is 0. The molecule has 1 heterocycles. The first-order valence-electron chi connectivity index (χ1n) is 11.6. The fraction of sp³-hybridized carbons (Fsp3) is 0.167. The van der Waals surface area contributed by atoms with Gasteiger partial charge in [0.1, 0.15) is 10.0 Å². The van der Waals surface area contributed by atoms with Crippen LogP contribution in [0.3, 0.4) is 0 Å². The van der Waals surface area contributed by atoms with Gasteiger partial charge in [0.25, 0.3) is 0 Å². The number of aromatic nitrogens is 1. The molecule has 1 aromatic heterocycles. The molecule has 5 heteroatoms. The Kier molecular flexibility index (Phi) is 6.90. The quantitative estimate of drug-likeness (QED) is 0.282. The highest BCUT2D eigenvalue weighted by atomic mass is 32.2. The van der Waals surface area contributed by atoms with E-state index in [0.717, 1.165) is 22.4 Å². The second-order valence-corrected chi connectivity index (χ2v) is 11.2. The summed E-state index contributed by atoms with van der Waals surface area (Å²) in [4.78, 5) is 0.169. The van der Waals surface area contributed by atoms with Gasteiger partial charge in [-0.2, -0.15) is 4.57 Å². The van der Waals surface area contributed by atoms with Crippen LogP contribution in [0.4, 0.5) is 0 Å². The molecule has 178 valence electrons. The normalized spacial score (nSPS) is 12.4. The molecule has 35 heavy (non-hydrogen) atoms. The third-order valence-electron chi connectivity index (χ3n) is 5.87. The Morgan fingerprint density at radius 1 is 0.800 bits per heavy atom. The van der Waals surface area contributed by atoms with Crippen molar-refractivity contribution in [1.82, 2.24) is 0 Å². The number of sulfonamides is 1. The van der Waals surface area contributed by atoms with E-state index in [2.05, 4.69) is 49.8 Å².